The molecule has 6 nitrogen and oxygen atoms in total. The van der Waals surface area contributed by atoms with E-state index in [0.717, 1.165) is 11.1 Å². The lowest BCUT2D eigenvalue weighted by Gasteiger charge is -2.09. The first kappa shape index (κ1) is 21.1. The molecule has 0 aliphatic rings. The van der Waals surface area contributed by atoms with E-state index in [1.807, 2.05) is 61.5 Å². The third-order valence-electron chi connectivity index (χ3n) is 5.25. The van der Waals surface area contributed by atoms with Gasteiger partial charge in [0.05, 0.1) is 11.9 Å². The number of thioether (sulfide) groups is 1. The maximum atomic E-state index is 13.6. The van der Waals surface area contributed by atoms with Crippen molar-refractivity contribution in [2.75, 3.05) is 0 Å². The van der Waals surface area contributed by atoms with E-state index >= 15 is 0 Å². The quantitative estimate of drug-likeness (QED) is 0.314. The van der Waals surface area contributed by atoms with Gasteiger partial charge in [-0.25, -0.2) is 9.07 Å². The Hall–Kier alpha value is -3.78. The first-order chi connectivity index (χ1) is 16.1. The second-order valence-electron chi connectivity index (χ2n) is 7.53. The van der Waals surface area contributed by atoms with E-state index in [0.29, 0.717) is 28.2 Å². The van der Waals surface area contributed by atoms with Gasteiger partial charge in [-0.3, -0.25) is 4.79 Å². The van der Waals surface area contributed by atoms with E-state index in [4.69, 9.17) is 4.42 Å². The number of halogens is 1. The van der Waals surface area contributed by atoms with Gasteiger partial charge in [0.15, 0.2) is 5.69 Å². The van der Waals surface area contributed by atoms with Crippen molar-refractivity contribution in [2.45, 2.75) is 23.9 Å². The normalized spacial score (nSPS) is 12.2. The van der Waals surface area contributed by atoms with Crippen LogP contribution in [0.4, 0.5) is 4.39 Å². The molecule has 0 radical (unpaired) electrons. The minimum absolute atomic E-state index is 0.0919. The molecule has 5 rings (SSSR count). The van der Waals surface area contributed by atoms with E-state index in [1.54, 1.807) is 12.1 Å². The molecule has 33 heavy (non-hydrogen) atoms. The third-order valence-corrected chi connectivity index (χ3v) is 6.24. The average molecular weight is 459 g/mol. The summed E-state index contributed by atoms with van der Waals surface area (Å²) in [6, 6.07) is 23.3. The number of aromatic nitrogens is 4. The molecule has 8 heteroatoms. The highest BCUT2D eigenvalue weighted by Crippen LogP contribution is 2.35. The Bertz CT molecular complexity index is 1480. The number of rotatable bonds is 6. The first-order valence-electron chi connectivity index (χ1n) is 10.4. The predicted molar refractivity (Wildman–Crippen MR) is 126 cm³/mol. The summed E-state index contributed by atoms with van der Waals surface area (Å²) < 4.78 is 20.9. The standard InChI is InChI=1S/C25H19FN4O2S/c1-16(18-10-7-11-19(26)14-18)33-25-28-27-23(32-25)22-20-12-5-6-13-21(20)24(31)30(29-22)15-17-8-3-2-4-9-17/h2-14,16H,15H2,1H3. The van der Waals surface area contributed by atoms with Crippen LogP contribution in [0.15, 0.2) is 93.3 Å². The zero-order valence-electron chi connectivity index (χ0n) is 17.7. The summed E-state index contributed by atoms with van der Waals surface area (Å²) >= 11 is 1.33. The van der Waals surface area contributed by atoms with Crippen molar-refractivity contribution in [1.82, 2.24) is 20.0 Å². The van der Waals surface area contributed by atoms with Crippen molar-refractivity contribution in [1.29, 1.82) is 0 Å². The van der Waals surface area contributed by atoms with E-state index in [9.17, 15) is 9.18 Å². The molecule has 0 saturated heterocycles. The van der Waals surface area contributed by atoms with Gasteiger partial charge in [0, 0.05) is 10.6 Å². The second kappa shape index (κ2) is 8.99. The molecule has 5 aromatic rings. The fourth-order valence-electron chi connectivity index (χ4n) is 3.59. The summed E-state index contributed by atoms with van der Waals surface area (Å²) in [4.78, 5) is 13.1. The number of nitrogens with zero attached hydrogens (tertiary/aromatic N) is 4. The molecular formula is C25H19FN4O2S. The molecule has 0 aliphatic heterocycles. The smallest absolute Gasteiger partial charge is 0.277 e. The zero-order valence-corrected chi connectivity index (χ0v) is 18.5. The van der Waals surface area contributed by atoms with Gasteiger partial charge in [-0.05, 0) is 36.2 Å². The maximum absolute atomic E-state index is 13.6. The van der Waals surface area contributed by atoms with Crippen molar-refractivity contribution in [3.8, 4) is 11.6 Å². The Morgan fingerprint density at radius 3 is 2.52 bits per heavy atom. The number of fused-ring (bicyclic) bond motifs is 1. The Balaban J connectivity index is 1.51. The molecule has 0 bridgehead atoms. The topological polar surface area (TPSA) is 73.8 Å². The lowest BCUT2D eigenvalue weighted by molar-refractivity contribution is 0.462. The second-order valence-corrected chi connectivity index (χ2v) is 8.82. The number of benzene rings is 3. The largest absolute Gasteiger partial charge is 0.409 e. The monoisotopic (exact) mass is 458 g/mol. The van der Waals surface area contributed by atoms with Crippen LogP contribution in [0.5, 0.6) is 0 Å². The molecule has 1 unspecified atom stereocenters. The van der Waals surface area contributed by atoms with E-state index in [-0.39, 0.29) is 22.5 Å². The van der Waals surface area contributed by atoms with Crippen LogP contribution in [-0.4, -0.2) is 20.0 Å². The van der Waals surface area contributed by atoms with Gasteiger partial charge in [-0.2, -0.15) is 5.10 Å². The fraction of sp³-hybridized carbons (Fsp3) is 0.120. The molecule has 0 spiro atoms. The molecule has 164 valence electrons. The third kappa shape index (κ3) is 4.42. The Kier molecular flexibility index (Phi) is 5.75. The van der Waals surface area contributed by atoms with Crippen molar-refractivity contribution < 1.29 is 8.81 Å². The first-order valence-corrected chi connectivity index (χ1v) is 11.3. The van der Waals surface area contributed by atoms with Crippen LogP contribution in [0.3, 0.4) is 0 Å². The fourth-order valence-corrected chi connectivity index (χ4v) is 4.39. The lowest BCUT2D eigenvalue weighted by atomic mass is 10.1. The maximum Gasteiger partial charge on any atom is 0.277 e. The summed E-state index contributed by atoms with van der Waals surface area (Å²) in [5, 5.41) is 14.3. The lowest BCUT2D eigenvalue weighted by Crippen LogP contribution is -2.24. The Morgan fingerprint density at radius 1 is 0.970 bits per heavy atom. The van der Waals surface area contributed by atoms with E-state index < -0.39 is 0 Å². The van der Waals surface area contributed by atoms with Crippen molar-refractivity contribution in [2.24, 2.45) is 0 Å². The van der Waals surface area contributed by atoms with Crippen LogP contribution in [0.25, 0.3) is 22.4 Å². The summed E-state index contributed by atoms with van der Waals surface area (Å²) in [5.41, 5.74) is 2.03. The van der Waals surface area contributed by atoms with Crippen LogP contribution in [0.2, 0.25) is 0 Å². The molecule has 2 aromatic heterocycles. The highest BCUT2D eigenvalue weighted by Gasteiger charge is 2.19. The molecule has 0 N–H and O–H groups in total. The van der Waals surface area contributed by atoms with Gasteiger partial charge < -0.3 is 4.42 Å². The summed E-state index contributed by atoms with van der Waals surface area (Å²) in [5.74, 6) is -0.0653. The molecule has 2 heterocycles. The van der Waals surface area contributed by atoms with Gasteiger partial charge in [0.2, 0.25) is 0 Å². The Labute approximate surface area is 193 Å². The van der Waals surface area contributed by atoms with Crippen LogP contribution in [-0.2, 0) is 6.54 Å². The highest BCUT2D eigenvalue weighted by molar-refractivity contribution is 7.99. The molecule has 1 atom stereocenters. The number of hydrogen-bond donors (Lipinski definition) is 0. The van der Waals surface area contributed by atoms with Crippen molar-refractivity contribution in [3.63, 3.8) is 0 Å². The van der Waals surface area contributed by atoms with Gasteiger partial charge in [-0.15, -0.1) is 10.2 Å². The van der Waals surface area contributed by atoms with Crippen molar-refractivity contribution >= 4 is 22.5 Å². The van der Waals surface area contributed by atoms with Crippen LogP contribution < -0.4 is 5.56 Å². The number of hydrogen-bond acceptors (Lipinski definition) is 6. The Morgan fingerprint density at radius 2 is 1.73 bits per heavy atom. The highest BCUT2D eigenvalue weighted by atomic mass is 32.2. The van der Waals surface area contributed by atoms with E-state index in [1.165, 1.54) is 28.6 Å². The van der Waals surface area contributed by atoms with Gasteiger partial charge in [0.1, 0.15) is 5.82 Å². The predicted octanol–water partition coefficient (Wildman–Crippen LogP) is 5.49. The van der Waals surface area contributed by atoms with Crippen LogP contribution in [0, 0.1) is 5.82 Å². The zero-order chi connectivity index (χ0) is 22.8. The molecule has 0 amide bonds. The SMILES string of the molecule is CC(Sc1nnc(-c2nn(Cc3ccccc3)c(=O)c3ccccc23)o1)c1cccc(F)c1. The van der Waals surface area contributed by atoms with Crippen LogP contribution >= 0.6 is 11.8 Å². The summed E-state index contributed by atoms with van der Waals surface area (Å²) in [6.07, 6.45) is 0. The van der Waals surface area contributed by atoms with Gasteiger partial charge in [0.25, 0.3) is 16.7 Å². The van der Waals surface area contributed by atoms with Gasteiger partial charge in [-0.1, -0.05) is 72.4 Å². The molecule has 0 saturated carbocycles. The molecule has 0 aliphatic carbocycles. The van der Waals surface area contributed by atoms with E-state index in [2.05, 4.69) is 15.3 Å². The molecular weight excluding hydrogens is 439 g/mol. The molecule has 3 aromatic carbocycles. The molecule has 0 fully saturated rings. The van der Waals surface area contributed by atoms with Gasteiger partial charge >= 0.3 is 0 Å². The minimum Gasteiger partial charge on any atom is -0.409 e. The summed E-state index contributed by atoms with van der Waals surface area (Å²) in [7, 11) is 0. The average Bonchev–Trinajstić information content (AvgIpc) is 3.30. The summed E-state index contributed by atoms with van der Waals surface area (Å²) in [6.45, 7) is 2.26. The minimum atomic E-state index is -0.289. The van der Waals surface area contributed by atoms with Crippen LogP contribution in [0.1, 0.15) is 23.3 Å². The van der Waals surface area contributed by atoms with Crippen molar-refractivity contribution in [3.05, 3.63) is 106 Å².